The first-order valence-corrected chi connectivity index (χ1v) is 11.7. The van der Waals surface area contributed by atoms with Crippen molar-refractivity contribution in [3.8, 4) is 0 Å². The molecule has 0 saturated carbocycles. The van der Waals surface area contributed by atoms with Gasteiger partial charge in [0.05, 0.1) is 0 Å². The minimum atomic E-state index is -0.0547. The Hall–Kier alpha value is -2.21. The fourth-order valence-electron chi connectivity index (χ4n) is 3.86. The maximum Gasteiger partial charge on any atom is 0.250 e. The van der Waals surface area contributed by atoms with Crippen LogP contribution < -0.4 is 10.5 Å². The van der Waals surface area contributed by atoms with Gasteiger partial charge in [0, 0.05) is 62.2 Å². The van der Waals surface area contributed by atoms with Gasteiger partial charge in [0.1, 0.15) is 11.6 Å². The van der Waals surface area contributed by atoms with Gasteiger partial charge in [-0.15, -0.1) is 0 Å². The van der Waals surface area contributed by atoms with Crippen LogP contribution in [0, 0.1) is 6.92 Å². The first-order valence-electron chi connectivity index (χ1n) is 11.7. The molecule has 1 aliphatic rings. The van der Waals surface area contributed by atoms with Gasteiger partial charge in [0.2, 0.25) is 0 Å². The molecule has 6 nitrogen and oxygen atoms in total. The molecule has 0 radical (unpaired) electrons. The van der Waals surface area contributed by atoms with Crippen LogP contribution in [0.15, 0.2) is 29.2 Å². The third-order valence-corrected chi connectivity index (χ3v) is 5.97. The van der Waals surface area contributed by atoms with Crippen molar-refractivity contribution in [2.45, 2.75) is 72.3 Å². The van der Waals surface area contributed by atoms with Gasteiger partial charge in [0.15, 0.2) is 0 Å². The maximum atomic E-state index is 12.0. The van der Waals surface area contributed by atoms with Crippen molar-refractivity contribution in [3.63, 3.8) is 0 Å². The summed E-state index contributed by atoms with van der Waals surface area (Å²) in [7, 11) is 0. The molecule has 0 unspecified atom stereocenters. The van der Waals surface area contributed by atoms with Gasteiger partial charge in [-0.25, -0.2) is 9.97 Å². The second kappa shape index (κ2) is 9.94. The number of rotatable bonds is 7. The molecule has 0 N–H and O–H groups in total. The number of hydrogen-bond acceptors (Lipinski definition) is 5. The first kappa shape index (κ1) is 23.5. The fourth-order valence-corrected chi connectivity index (χ4v) is 3.86. The van der Waals surface area contributed by atoms with Gasteiger partial charge in [-0.3, -0.25) is 9.69 Å². The Morgan fingerprint density at radius 1 is 1.00 bits per heavy atom. The van der Waals surface area contributed by atoms with Gasteiger partial charge in [-0.05, 0) is 43.9 Å². The van der Waals surface area contributed by atoms with Gasteiger partial charge >= 0.3 is 0 Å². The Balaban J connectivity index is 1.51. The number of pyridine rings is 1. The summed E-state index contributed by atoms with van der Waals surface area (Å²) >= 11 is 0. The quantitative estimate of drug-likeness (QED) is 0.628. The zero-order valence-corrected chi connectivity index (χ0v) is 20.2. The van der Waals surface area contributed by atoms with Gasteiger partial charge < -0.3 is 9.47 Å². The van der Waals surface area contributed by atoms with E-state index in [4.69, 9.17) is 9.97 Å². The minimum Gasteiger partial charge on any atom is -0.354 e. The summed E-state index contributed by atoms with van der Waals surface area (Å²) in [5, 5.41) is 0. The van der Waals surface area contributed by atoms with Crippen LogP contribution >= 0.6 is 0 Å². The molecule has 0 spiro atoms. The maximum absolute atomic E-state index is 12.0. The molecule has 1 saturated heterocycles. The molecule has 0 aromatic carbocycles. The molecular weight excluding hydrogens is 386 g/mol. The molecule has 3 heterocycles. The van der Waals surface area contributed by atoms with Gasteiger partial charge in [-0.1, -0.05) is 34.6 Å². The number of hydrogen-bond donors (Lipinski definition) is 0. The van der Waals surface area contributed by atoms with Crippen LogP contribution in [0.3, 0.4) is 0 Å². The molecule has 170 valence electrons. The minimum absolute atomic E-state index is 0.0547. The Morgan fingerprint density at radius 2 is 1.68 bits per heavy atom. The van der Waals surface area contributed by atoms with E-state index in [1.54, 1.807) is 6.07 Å². The van der Waals surface area contributed by atoms with E-state index in [1.165, 1.54) is 0 Å². The summed E-state index contributed by atoms with van der Waals surface area (Å²) < 4.78 is 1.82. The number of aryl methyl sites for hydroxylation is 2. The Morgan fingerprint density at radius 3 is 2.29 bits per heavy atom. The van der Waals surface area contributed by atoms with Crippen LogP contribution in [-0.2, 0) is 12.0 Å². The van der Waals surface area contributed by atoms with Crippen molar-refractivity contribution in [1.29, 1.82) is 0 Å². The molecule has 1 aliphatic heterocycles. The molecule has 31 heavy (non-hydrogen) atoms. The third-order valence-electron chi connectivity index (χ3n) is 5.97. The average molecular weight is 426 g/mol. The summed E-state index contributed by atoms with van der Waals surface area (Å²) in [6, 6.07) is 5.89. The highest BCUT2D eigenvalue weighted by Gasteiger charge is 2.23. The van der Waals surface area contributed by atoms with Crippen molar-refractivity contribution >= 4 is 5.82 Å². The lowest BCUT2D eigenvalue weighted by Gasteiger charge is -2.36. The smallest absolute Gasteiger partial charge is 0.250 e. The van der Waals surface area contributed by atoms with Crippen molar-refractivity contribution in [3.05, 3.63) is 51.8 Å². The van der Waals surface area contributed by atoms with E-state index in [1.807, 2.05) is 23.8 Å². The van der Waals surface area contributed by atoms with Crippen LogP contribution in [0.25, 0.3) is 0 Å². The van der Waals surface area contributed by atoms with Crippen LogP contribution in [0.5, 0.6) is 0 Å². The third kappa shape index (κ3) is 6.39. The Bertz CT molecular complexity index is 920. The zero-order chi connectivity index (χ0) is 22.6. The highest BCUT2D eigenvalue weighted by Crippen LogP contribution is 2.25. The molecule has 6 heteroatoms. The number of nitrogens with zero attached hydrogens (tertiary/aromatic N) is 5. The van der Waals surface area contributed by atoms with Crippen LogP contribution in [0.4, 0.5) is 5.82 Å². The molecule has 0 atom stereocenters. The summed E-state index contributed by atoms with van der Waals surface area (Å²) in [5.74, 6) is 2.40. The van der Waals surface area contributed by atoms with E-state index < -0.39 is 0 Å². The van der Waals surface area contributed by atoms with Crippen LogP contribution in [0.2, 0.25) is 0 Å². The second-order valence-electron chi connectivity index (χ2n) is 10.2. The van der Waals surface area contributed by atoms with E-state index in [0.29, 0.717) is 5.92 Å². The topological polar surface area (TPSA) is 54.3 Å². The first-order chi connectivity index (χ1) is 14.6. The van der Waals surface area contributed by atoms with Gasteiger partial charge in [0.25, 0.3) is 5.56 Å². The summed E-state index contributed by atoms with van der Waals surface area (Å²) in [4.78, 5) is 26.7. The van der Waals surface area contributed by atoms with Crippen LogP contribution in [0.1, 0.15) is 70.5 Å². The van der Waals surface area contributed by atoms with Crippen molar-refractivity contribution in [2.75, 3.05) is 37.6 Å². The van der Waals surface area contributed by atoms with E-state index in [-0.39, 0.29) is 11.0 Å². The monoisotopic (exact) mass is 425 g/mol. The Kier molecular flexibility index (Phi) is 7.52. The molecule has 1 fully saturated rings. The lowest BCUT2D eigenvalue weighted by Crippen LogP contribution is -2.47. The number of piperazine rings is 1. The van der Waals surface area contributed by atoms with Crippen molar-refractivity contribution in [1.82, 2.24) is 19.4 Å². The largest absolute Gasteiger partial charge is 0.354 e. The van der Waals surface area contributed by atoms with E-state index in [2.05, 4.69) is 50.5 Å². The highest BCUT2D eigenvalue weighted by atomic mass is 16.1. The van der Waals surface area contributed by atoms with Crippen molar-refractivity contribution in [2.24, 2.45) is 0 Å². The summed E-state index contributed by atoms with van der Waals surface area (Å²) in [5.41, 5.74) is 2.21. The van der Waals surface area contributed by atoms with Crippen LogP contribution in [-0.4, -0.2) is 52.2 Å². The van der Waals surface area contributed by atoms with E-state index >= 15 is 0 Å². The normalized spacial score (nSPS) is 15.6. The number of unbranched alkanes of at least 4 members (excludes halogenated alkanes) is 1. The second-order valence-corrected chi connectivity index (χ2v) is 10.2. The number of anilines is 1. The molecule has 0 bridgehead atoms. The highest BCUT2D eigenvalue weighted by molar-refractivity contribution is 5.42. The molecule has 0 aliphatic carbocycles. The van der Waals surface area contributed by atoms with Gasteiger partial charge in [-0.2, -0.15) is 0 Å². The van der Waals surface area contributed by atoms with Crippen molar-refractivity contribution < 1.29 is 0 Å². The fraction of sp³-hybridized carbons (Fsp3) is 0.640. The molecule has 3 rings (SSSR count). The molecule has 2 aromatic heterocycles. The average Bonchev–Trinajstić information content (AvgIpc) is 2.72. The summed E-state index contributed by atoms with van der Waals surface area (Å²) in [6.45, 7) is 18.9. The zero-order valence-electron chi connectivity index (χ0n) is 20.2. The summed E-state index contributed by atoms with van der Waals surface area (Å²) in [6.07, 6.45) is 4.05. The predicted octanol–water partition coefficient (Wildman–Crippen LogP) is 3.97. The molecular formula is C25H39N5O. The SMILES string of the molecule is Cc1ccn(CCCCN2CCN(c3cc(C(C)C)nc(C(C)(C)C)n3)CC2)c(=O)c1. The van der Waals surface area contributed by atoms with E-state index in [0.717, 1.165) is 75.0 Å². The predicted molar refractivity (Wildman–Crippen MR) is 128 cm³/mol. The lowest BCUT2D eigenvalue weighted by atomic mass is 9.95. The lowest BCUT2D eigenvalue weighted by molar-refractivity contribution is 0.250. The number of aromatic nitrogens is 3. The van der Waals surface area contributed by atoms with E-state index in [9.17, 15) is 4.79 Å². The molecule has 0 amide bonds. The standard InChI is InChI=1S/C25H39N5O/c1-19(2)21-18-22(27-24(26-21)25(4,5)6)29-15-13-28(14-16-29)10-7-8-11-30-12-9-20(3)17-23(30)31/h9,12,17-19H,7-8,10-11,13-16H2,1-6H3. The Labute approximate surface area is 187 Å². The molecule has 2 aromatic rings.